The van der Waals surface area contributed by atoms with E-state index in [1.54, 1.807) is 0 Å². The van der Waals surface area contributed by atoms with Crippen LogP contribution in [0.3, 0.4) is 0 Å². The number of nitrogens with zero attached hydrogens (tertiary/aromatic N) is 1. The number of nitrogens with one attached hydrogen (secondary N) is 1. The molecule has 0 radical (unpaired) electrons. The van der Waals surface area contributed by atoms with Gasteiger partial charge >= 0.3 is 0 Å². The molecule has 138 valence electrons. The molecule has 0 aromatic heterocycles. The van der Waals surface area contributed by atoms with Crippen LogP contribution in [0, 0.1) is 5.92 Å². The van der Waals surface area contributed by atoms with Crippen molar-refractivity contribution in [1.82, 2.24) is 4.90 Å². The summed E-state index contributed by atoms with van der Waals surface area (Å²) in [6, 6.07) is 7.54. The largest absolute Gasteiger partial charge is 0.379 e. The van der Waals surface area contributed by atoms with Crippen molar-refractivity contribution in [3.63, 3.8) is 0 Å². The lowest BCUT2D eigenvalue weighted by atomic mass is 10.0. The van der Waals surface area contributed by atoms with E-state index in [-0.39, 0.29) is 30.7 Å². The van der Waals surface area contributed by atoms with Crippen LogP contribution in [0.15, 0.2) is 24.3 Å². The number of benzene rings is 1. The second kappa shape index (κ2) is 11.7. The Morgan fingerprint density at radius 1 is 1.21 bits per heavy atom. The molecule has 7 heteroatoms. The van der Waals surface area contributed by atoms with Gasteiger partial charge in [-0.15, -0.1) is 24.8 Å². The highest BCUT2D eigenvalue weighted by atomic mass is 35.5. The number of nitrogens with two attached hydrogens (primary N) is 1. The molecule has 0 saturated carbocycles. The highest BCUT2D eigenvalue weighted by Gasteiger charge is 2.15. The average Bonchev–Trinajstić information content (AvgIpc) is 2.49. The normalized spacial score (nSPS) is 16.0. The van der Waals surface area contributed by atoms with Gasteiger partial charge in [0.05, 0.1) is 19.3 Å². The third kappa shape index (κ3) is 7.81. The monoisotopic (exact) mass is 377 g/mol. The standard InChI is InChI=1S/C17H27N3O2.2ClH/c1-13(2)11-16(18)17(21)19-15-5-3-14(4-6-15)12-20-7-9-22-10-8-20;;/h3-6,13,16H,7-12,18H2,1-2H3,(H,19,21);2*1H/t16-;;/m0../s1. The first-order valence-electron chi connectivity index (χ1n) is 8.00. The Kier molecular flexibility index (Phi) is 11.2. The summed E-state index contributed by atoms with van der Waals surface area (Å²) in [4.78, 5) is 14.4. The van der Waals surface area contributed by atoms with Gasteiger partial charge in [0.2, 0.25) is 5.91 Å². The Morgan fingerprint density at radius 2 is 1.79 bits per heavy atom. The zero-order valence-corrected chi connectivity index (χ0v) is 16.0. The minimum atomic E-state index is -0.451. The van der Waals surface area contributed by atoms with Crippen LogP contribution in [-0.4, -0.2) is 43.2 Å². The molecule has 3 N–H and O–H groups in total. The Bertz CT molecular complexity index is 477. The van der Waals surface area contributed by atoms with Crippen molar-refractivity contribution in [2.75, 3.05) is 31.6 Å². The van der Waals surface area contributed by atoms with Gasteiger partial charge in [-0.1, -0.05) is 26.0 Å². The van der Waals surface area contributed by atoms with Crippen LogP contribution in [0.4, 0.5) is 5.69 Å². The molecule has 2 rings (SSSR count). The smallest absolute Gasteiger partial charge is 0.241 e. The molecule has 0 bridgehead atoms. The molecule has 24 heavy (non-hydrogen) atoms. The van der Waals surface area contributed by atoms with E-state index in [1.165, 1.54) is 5.56 Å². The molecule has 1 aromatic rings. The third-order valence-corrected chi connectivity index (χ3v) is 3.79. The summed E-state index contributed by atoms with van der Waals surface area (Å²) < 4.78 is 5.35. The quantitative estimate of drug-likeness (QED) is 0.799. The van der Waals surface area contributed by atoms with Crippen LogP contribution in [0.1, 0.15) is 25.8 Å². The van der Waals surface area contributed by atoms with Gasteiger partial charge in [-0.2, -0.15) is 0 Å². The number of ether oxygens (including phenoxy) is 1. The molecule has 1 aromatic carbocycles. The van der Waals surface area contributed by atoms with Crippen molar-refractivity contribution >= 4 is 36.4 Å². The highest BCUT2D eigenvalue weighted by molar-refractivity contribution is 5.94. The van der Waals surface area contributed by atoms with E-state index in [9.17, 15) is 4.79 Å². The maximum absolute atomic E-state index is 12.0. The van der Waals surface area contributed by atoms with Gasteiger partial charge in [-0.05, 0) is 30.0 Å². The highest BCUT2D eigenvalue weighted by Crippen LogP contribution is 2.13. The van der Waals surface area contributed by atoms with Crippen molar-refractivity contribution in [3.8, 4) is 0 Å². The number of halogens is 2. The van der Waals surface area contributed by atoms with Gasteiger partial charge in [0.25, 0.3) is 0 Å². The summed E-state index contributed by atoms with van der Waals surface area (Å²) in [5.41, 5.74) is 7.93. The number of hydrogen-bond acceptors (Lipinski definition) is 4. The summed E-state index contributed by atoms with van der Waals surface area (Å²) in [5, 5.41) is 2.88. The predicted molar refractivity (Wildman–Crippen MR) is 103 cm³/mol. The van der Waals surface area contributed by atoms with Crippen molar-refractivity contribution in [2.45, 2.75) is 32.9 Å². The molecule has 0 aliphatic carbocycles. The number of morpholine rings is 1. The zero-order chi connectivity index (χ0) is 15.9. The van der Waals surface area contributed by atoms with Gasteiger partial charge in [0, 0.05) is 25.3 Å². The topological polar surface area (TPSA) is 67.6 Å². The molecular weight excluding hydrogens is 349 g/mol. The van der Waals surface area contributed by atoms with Crippen molar-refractivity contribution in [3.05, 3.63) is 29.8 Å². The maximum atomic E-state index is 12.0. The van der Waals surface area contributed by atoms with Crippen LogP contribution < -0.4 is 11.1 Å². The first kappa shape index (κ1) is 23.1. The fraction of sp³-hybridized carbons (Fsp3) is 0.588. The average molecular weight is 378 g/mol. The molecule has 0 spiro atoms. The number of hydrogen-bond donors (Lipinski definition) is 2. The Balaban J connectivity index is 0.00000264. The van der Waals surface area contributed by atoms with Crippen LogP contribution >= 0.6 is 24.8 Å². The van der Waals surface area contributed by atoms with Crippen molar-refractivity contribution in [2.24, 2.45) is 11.7 Å². The lowest BCUT2D eigenvalue weighted by molar-refractivity contribution is -0.117. The molecular formula is C17H29Cl2N3O2. The minimum Gasteiger partial charge on any atom is -0.379 e. The van der Waals surface area contributed by atoms with E-state index in [0.717, 1.165) is 38.5 Å². The lowest BCUT2D eigenvalue weighted by Crippen LogP contribution is -2.36. The number of carbonyl (C=O) groups is 1. The van der Waals surface area contributed by atoms with Gasteiger partial charge in [0.1, 0.15) is 0 Å². The summed E-state index contributed by atoms with van der Waals surface area (Å²) in [5.74, 6) is 0.297. The molecule has 1 heterocycles. The van der Waals surface area contributed by atoms with Crippen LogP contribution in [0.5, 0.6) is 0 Å². The van der Waals surface area contributed by atoms with Gasteiger partial charge < -0.3 is 15.8 Å². The second-order valence-corrected chi connectivity index (χ2v) is 6.31. The number of amides is 1. The maximum Gasteiger partial charge on any atom is 0.241 e. The first-order valence-corrected chi connectivity index (χ1v) is 8.00. The van der Waals surface area contributed by atoms with Crippen LogP contribution in [-0.2, 0) is 16.1 Å². The van der Waals surface area contributed by atoms with E-state index in [1.807, 2.05) is 12.1 Å². The van der Waals surface area contributed by atoms with Gasteiger partial charge in [0.15, 0.2) is 0 Å². The third-order valence-electron chi connectivity index (χ3n) is 3.79. The summed E-state index contributed by atoms with van der Waals surface area (Å²) in [6.07, 6.45) is 0.695. The Morgan fingerprint density at radius 3 is 2.33 bits per heavy atom. The number of carbonyl (C=O) groups excluding carboxylic acids is 1. The molecule has 5 nitrogen and oxygen atoms in total. The number of rotatable bonds is 6. The van der Waals surface area contributed by atoms with Crippen LogP contribution in [0.25, 0.3) is 0 Å². The van der Waals surface area contributed by atoms with E-state index >= 15 is 0 Å². The van der Waals surface area contributed by atoms with Gasteiger partial charge in [-0.3, -0.25) is 9.69 Å². The lowest BCUT2D eigenvalue weighted by Gasteiger charge is -2.26. The first-order chi connectivity index (χ1) is 10.5. The molecule has 1 aliphatic rings. The van der Waals surface area contributed by atoms with E-state index in [0.29, 0.717) is 12.3 Å². The SMILES string of the molecule is CC(C)C[C@H](N)C(=O)Nc1ccc(CN2CCOCC2)cc1.Cl.Cl. The fourth-order valence-corrected chi connectivity index (χ4v) is 2.56. The van der Waals surface area contributed by atoms with E-state index in [2.05, 4.69) is 36.2 Å². The minimum absolute atomic E-state index is 0. The number of anilines is 1. The van der Waals surface area contributed by atoms with Gasteiger partial charge in [-0.25, -0.2) is 0 Å². The Labute approximate surface area is 157 Å². The summed E-state index contributed by atoms with van der Waals surface area (Å²) in [6.45, 7) is 8.61. The summed E-state index contributed by atoms with van der Waals surface area (Å²) >= 11 is 0. The fourth-order valence-electron chi connectivity index (χ4n) is 2.56. The van der Waals surface area contributed by atoms with E-state index < -0.39 is 6.04 Å². The zero-order valence-electron chi connectivity index (χ0n) is 14.4. The van der Waals surface area contributed by atoms with Crippen LogP contribution in [0.2, 0.25) is 0 Å². The van der Waals surface area contributed by atoms with Crippen molar-refractivity contribution in [1.29, 1.82) is 0 Å². The van der Waals surface area contributed by atoms with E-state index in [4.69, 9.17) is 10.5 Å². The Hall–Kier alpha value is -0.850. The molecule has 1 saturated heterocycles. The molecule has 1 amide bonds. The molecule has 1 aliphatic heterocycles. The molecule has 1 atom stereocenters. The second-order valence-electron chi connectivity index (χ2n) is 6.31. The molecule has 0 unspecified atom stereocenters. The summed E-state index contributed by atoms with van der Waals surface area (Å²) in [7, 11) is 0. The predicted octanol–water partition coefficient (Wildman–Crippen LogP) is 2.67. The molecule has 1 fully saturated rings. The van der Waals surface area contributed by atoms with Crippen molar-refractivity contribution < 1.29 is 9.53 Å².